The number of aldehydes is 1. The molecule has 2 heteroatoms. The molecule has 44 valence electrons. The first kappa shape index (κ1) is 5.64. The van der Waals surface area contributed by atoms with Crippen LogP contribution in [0.15, 0.2) is 23.0 Å². The maximum Gasteiger partial charge on any atom is 0.193 e. The van der Waals surface area contributed by atoms with E-state index in [1.165, 1.54) is 12.5 Å². The Morgan fingerprint density at radius 2 is 2.56 bits per heavy atom. The van der Waals surface area contributed by atoms with Gasteiger partial charge in [-0.1, -0.05) is 5.92 Å². The average molecular weight is 120 g/mol. The topological polar surface area (TPSA) is 30.2 Å². The summed E-state index contributed by atoms with van der Waals surface area (Å²) in [6.07, 6.45) is 3.54. The highest BCUT2D eigenvalue weighted by molar-refractivity contribution is 5.73. The van der Waals surface area contributed by atoms with Gasteiger partial charge in [0.05, 0.1) is 11.8 Å². The lowest BCUT2D eigenvalue weighted by atomic mass is 10.3. The monoisotopic (exact) mass is 120 g/mol. The molecule has 0 radical (unpaired) electrons. The third-order valence-corrected chi connectivity index (χ3v) is 0.797. The minimum Gasteiger partial charge on any atom is -0.471 e. The first-order chi connectivity index (χ1) is 4.43. The highest BCUT2D eigenvalue weighted by atomic mass is 16.3. The Morgan fingerprint density at radius 3 is 3.11 bits per heavy atom. The van der Waals surface area contributed by atoms with Crippen LogP contribution in [0, 0.1) is 11.8 Å². The van der Waals surface area contributed by atoms with Gasteiger partial charge < -0.3 is 4.42 Å². The van der Waals surface area contributed by atoms with E-state index in [0.717, 1.165) is 5.56 Å². The van der Waals surface area contributed by atoms with Gasteiger partial charge in [-0.15, -0.1) is 0 Å². The number of furan rings is 1. The summed E-state index contributed by atoms with van der Waals surface area (Å²) in [5.74, 6) is 4.82. The number of rotatable bonds is 0. The molecule has 0 aromatic carbocycles. The number of hydrogen-bond donors (Lipinski definition) is 0. The molecule has 0 atom stereocenters. The molecule has 0 aliphatic heterocycles. The fraction of sp³-hybridized carbons (Fsp3) is 0. The molecule has 0 aliphatic carbocycles. The molecule has 0 unspecified atom stereocenters. The van der Waals surface area contributed by atoms with Crippen molar-refractivity contribution in [2.45, 2.75) is 0 Å². The first-order valence-corrected chi connectivity index (χ1v) is 2.41. The van der Waals surface area contributed by atoms with Gasteiger partial charge in [0.25, 0.3) is 0 Å². The van der Waals surface area contributed by atoms with E-state index in [4.69, 9.17) is 4.42 Å². The molecule has 0 fully saturated rings. The van der Waals surface area contributed by atoms with Crippen LogP contribution in [0.4, 0.5) is 0 Å². The van der Waals surface area contributed by atoms with Crippen LogP contribution in [-0.2, 0) is 4.79 Å². The third kappa shape index (κ3) is 1.46. The summed E-state index contributed by atoms with van der Waals surface area (Å²) in [7, 11) is 0. The van der Waals surface area contributed by atoms with Gasteiger partial charge in [0.2, 0.25) is 0 Å². The SMILES string of the molecule is O=CC#Cc1ccoc1. The van der Waals surface area contributed by atoms with E-state index in [-0.39, 0.29) is 0 Å². The van der Waals surface area contributed by atoms with Gasteiger partial charge >= 0.3 is 0 Å². The van der Waals surface area contributed by atoms with E-state index >= 15 is 0 Å². The molecule has 0 N–H and O–H groups in total. The maximum atomic E-state index is 9.70. The highest BCUT2D eigenvalue weighted by Crippen LogP contribution is 1.94. The zero-order valence-electron chi connectivity index (χ0n) is 4.63. The van der Waals surface area contributed by atoms with Crippen LogP contribution in [0.3, 0.4) is 0 Å². The Morgan fingerprint density at radius 1 is 1.67 bits per heavy atom. The Balaban J connectivity index is 2.78. The molecular formula is C7H4O2. The van der Waals surface area contributed by atoms with Crippen LogP contribution < -0.4 is 0 Å². The van der Waals surface area contributed by atoms with E-state index in [0.29, 0.717) is 6.29 Å². The lowest BCUT2D eigenvalue weighted by Crippen LogP contribution is -1.63. The van der Waals surface area contributed by atoms with Crippen molar-refractivity contribution in [2.75, 3.05) is 0 Å². The van der Waals surface area contributed by atoms with Crippen LogP contribution in [0.1, 0.15) is 5.56 Å². The number of hydrogen-bond acceptors (Lipinski definition) is 2. The van der Waals surface area contributed by atoms with Crippen LogP contribution in [0.5, 0.6) is 0 Å². The second-order valence-electron chi connectivity index (χ2n) is 1.40. The number of carbonyl (C=O) groups excluding carboxylic acids is 1. The van der Waals surface area contributed by atoms with Crippen molar-refractivity contribution in [3.63, 3.8) is 0 Å². The van der Waals surface area contributed by atoms with Crippen molar-refractivity contribution in [2.24, 2.45) is 0 Å². The van der Waals surface area contributed by atoms with Gasteiger partial charge in [-0.25, -0.2) is 0 Å². The third-order valence-electron chi connectivity index (χ3n) is 0.797. The van der Waals surface area contributed by atoms with Crippen molar-refractivity contribution >= 4 is 6.29 Å². The quantitative estimate of drug-likeness (QED) is 0.375. The lowest BCUT2D eigenvalue weighted by Gasteiger charge is -1.67. The van der Waals surface area contributed by atoms with Crippen molar-refractivity contribution in [3.8, 4) is 11.8 Å². The van der Waals surface area contributed by atoms with Crippen LogP contribution in [-0.4, -0.2) is 6.29 Å². The van der Waals surface area contributed by atoms with Crippen molar-refractivity contribution in [1.82, 2.24) is 0 Å². The first-order valence-electron chi connectivity index (χ1n) is 2.41. The summed E-state index contributed by atoms with van der Waals surface area (Å²) in [5, 5.41) is 0. The van der Waals surface area contributed by atoms with Crippen LogP contribution in [0.25, 0.3) is 0 Å². The molecule has 0 saturated heterocycles. The highest BCUT2D eigenvalue weighted by Gasteiger charge is 1.82. The smallest absolute Gasteiger partial charge is 0.193 e. The molecule has 0 aliphatic rings. The van der Waals surface area contributed by atoms with Crippen molar-refractivity contribution < 1.29 is 9.21 Å². The van der Waals surface area contributed by atoms with Crippen LogP contribution >= 0.6 is 0 Å². The Kier molecular flexibility index (Phi) is 1.71. The van der Waals surface area contributed by atoms with E-state index in [1.54, 1.807) is 6.07 Å². The molecule has 1 heterocycles. The van der Waals surface area contributed by atoms with Gasteiger partial charge in [0.1, 0.15) is 6.26 Å². The van der Waals surface area contributed by atoms with Gasteiger partial charge in [-0.2, -0.15) is 0 Å². The molecule has 1 rings (SSSR count). The molecule has 0 amide bonds. The fourth-order valence-corrected chi connectivity index (χ4v) is 0.448. The molecule has 0 spiro atoms. The van der Waals surface area contributed by atoms with Gasteiger partial charge in [0.15, 0.2) is 6.29 Å². The normalized spacial score (nSPS) is 7.56. The molecule has 0 saturated carbocycles. The minimum absolute atomic E-state index is 0.549. The van der Waals surface area contributed by atoms with Gasteiger partial charge in [-0.3, -0.25) is 4.79 Å². The second kappa shape index (κ2) is 2.73. The Bertz CT molecular complexity index is 236. The summed E-state index contributed by atoms with van der Waals surface area (Å²) in [6, 6.07) is 1.69. The standard InChI is InChI=1S/C7H4O2/c8-4-1-2-7-3-5-9-6-7/h3-6H. The Labute approximate surface area is 52.5 Å². The van der Waals surface area contributed by atoms with Crippen LogP contribution in [0.2, 0.25) is 0 Å². The average Bonchev–Trinajstić information content (AvgIpc) is 2.34. The Hall–Kier alpha value is -1.49. The van der Waals surface area contributed by atoms with Gasteiger partial charge in [-0.05, 0) is 12.0 Å². The fourth-order valence-electron chi connectivity index (χ4n) is 0.448. The summed E-state index contributed by atoms with van der Waals surface area (Å²) < 4.78 is 4.69. The molecular weight excluding hydrogens is 116 g/mol. The second-order valence-corrected chi connectivity index (χ2v) is 1.40. The van der Waals surface area contributed by atoms with E-state index in [9.17, 15) is 4.79 Å². The lowest BCUT2D eigenvalue weighted by molar-refractivity contribution is -0.103. The largest absolute Gasteiger partial charge is 0.471 e. The predicted octanol–water partition coefficient (Wildman–Crippen LogP) is 0.830. The van der Waals surface area contributed by atoms with E-state index in [1.807, 2.05) is 0 Å². The summed E-state index contributed by atoms with van der Waals surface area (Å²) in [5.41, 5.74) is 0.724. The molecule has 1 aromatic heterocycles. The van der Waals surface area contributed by atoms with Gasteiger partial charge in [0, 0.05) is 0 Å². The zero-order valence-corrected chi connectivity index (χ0v) is 4.63. The minimum atomic E-state index is 0.549. The molecule has 9 heavy (non-hydrogen) atoms. The van der Waals surface area contributed by atoms with Crippen molar-refractivity contribution in [3.05, 3.63) is 24.2 Å². The summed E-state index contributed by atoms with van der Waals surface area (Å²) in [6.45, 7) is 0. The molecule has 2 nitrogen and oxygen atoms in total. The zero-order chi connectivity index (χ0) is 6.53. The molecule has 0 bridgehead atoms. The van der Waals surface area contributed by atoms with E-state index < -0.39 is 0 Å². The van der Waals surface area contributed by atoms with E-state index in [2.05, 4.69) is 11.8 Å². The maximum absolute atomic E-state index is 9.70. The predicted molar refractivity (Wildman–Crippen MR) is 31.6 cm³/mol. The summed E-state index contributed by atoms with van der Waals surface area (Å²) >= 11 is 0. The molecule has 1 aromatic rings. The number of carbonyl (C=O) groups is 1. The van der Waals surface area contributed by atoms with Crippen molar-refractivity contribution in [1.29, 1.82) is 0 Å². The summed E-state index contributed by atoms with van der Waals surface area (Å²) in [4.78, 5) is 9.70.